The molecule has 0 aromatic rings. The summed E-state index contributed by atoms with van der Waals surface area (Å²) in [5, 5.41) is 0. The Bertz CT molecular complexity index is 278. The minimum atomic E-state index is -0.269. The maximum absolute atomic E-state index is 12.3. The Morgan fingerprint density at radius 1 is 1.56 bits per heavy atom. The molecule has 92 valence electrons. The third-order valence-electron chi connectivity index (χ3n) is 3.40. The van der Waals surface area contributed by atoms with Gasteiger partial charge >= 0.3 is 0 Å². The number of hydrogen-bond donors (Lipinski definition) is 1. The van der Waals surface area contributed by atoms with E-state index in [0.717, 1.165) is 19.4 Å². The molecule has 1 aliphatic heterocycles. The molecule has 1 fully saturated rings. The van der Waals surface area contributed by atoms with E-state index in [9.17, 15) is 4.79 Å². The van der Waals surface area contributed by atoms with Crippen molar-refractivity contribution in [1.82, 2.24) is 4.90 Å². The molecule has 16 heavy (non-hydrogen) atoms. The van der Waals surface area contributed by atoms with E-state index in [1.54, 1.807) is 0 Å². The summed E-state index contributed by atoms with van der Waals surface area (Å²) in [4.78, 5) is 14.6. The van der Waals surface area contributed by atoms with Gasteiger partial charge < -0.3 is 10.6 Å². The Morgan fingerprint density at radius 2 is 2.19 bits per heavy atom. The maximum atomic E-state index is 12.3. The topological polar surface area (TPSA) is 46.3 Å². The van der Waals surface area contributed by atoms with E-state index in [2.05, 4.69) is 13.8 Å². The molecular formula is C12H22N2OS. The zero-order valence-corrected chi connectivity index (χ0v) is 11.2. The van der Waals surface area contributed by atoms with Crippen molar-refractivity contribution in [2.75, 3.05) is 6.54 Å². The second-order valence-electron chi connectivity index (χ2n) is 4.85. The van der Waals surface area contributed by atoms with E-state index in [4.69, 9.17) is 18.0 Å². The molecule has 3 nitrogen and oxygen atoms in total. The summed E-state index contributed by atoms with van der Waals surface area (Å²) in [6.45, 7) is 7.15. The maximum Gasteiger partial charge on any atom is 0.232 e. The largest absolute Gasteiger partial charge is 0.393 e. The predicted octanol–water partition coefficient (Wildman–Crippen LogP) is 1.95. The summed E-state index contributed by atoms with van der Waals surface area (Å²) in [5.41, 5.74) is 5.62. The molecule has 0 aromatic heterocycles. The number of nitrogens with two attached hydrogens (primary N) is 1. The van der Waals surface area contributed by atoms with Gasteiger partial charge in [0.2, 0.25) is 5.91 Å². The molecule has 0 saturated carbocycles. The number of amides is 1. The zero-order valence-electron chi connectivity index (χ0n) is 10.4. The molecule has 0 bridgehead atoms. The first-order valence-corrected chi connectivity index (χ1v) is 6.49. The van der Waals surface area contributed by atoms with E-state index in [1.807, 2.05) is 11.8 Å². The average Bonchev–Trinajstić information content (AvgIpc) is 2.65. The number of likely N-dealkylation sites (tertiary alicyclic amines) is 1. The van der Waals surface area contributed by atoms with Crippen molar-refractivity contribution < 1.29 is 4.79 Å². The van der Waals surface area contributed by atoms with Gasteiger partial charge in [-0.25, -0.2) is 0 Å². The molecule has 2 atom stereocenters. The molecule has 0 aromatic carbocycles. The fourth-order valence-electron chi connectivity index (χ4n) is 2.46. The van der Waals surface area contributed by atoms with E-state index in [-0.39, 0.29) is 11.8 Å². The molecule has 1 amide bonds. The van der Waals surface area contributed by atoms with E-state index < -0.39 is 0 Å². The Morgan fingerprint density at radius 3 is 2.62 bits per heavy atom. The van der Waals surface area contributed by atoms with Crippen LogP contribution in [0.3, 0.4) is 0 Å². The molecule has 0 aliphatic carbocycles. The predicted molar refractivity (Wildman–Crippen MR) is 70.1 cm³/mol. The van der Waals surface area contributed by atoms with Crippen LogP contribution in [0.15, 0.2) is 0 Å². The quantitative estimate of drug-likeness (QED) is 0.766. The highest BCUT2D eigenvalue weighted by Crippen LogP contribution is 2.26. The zero-order chi connectivity index (χ0) is 12.3. The Kier molecular flexibility index (Phi) is 4.71. The lowest BCUT2D eigenvalue weighted by Gasteiger charge is -2.30. The van der Waals surface area contributed by atoms with E-state index in [1.165, 1.54) is 0 Å². The van der Waals surface area contributed by atoms with Crippen LogP contribution in [0, 0.1) is 11.8 Å². The Labute approximate surface area is 103 Å². The Balaban J connectivity index is 2.75. The lowest BCUT2D eigenvalue weighted by atomic mass is 9.99. The van der Waals surface area contributed by atoms with Gasteiger partial charge in [0.15, 0.2) is 0 Å². The van der Waals surface area contributed by atoms with Gasteiger partial charge in [0.25, 0.3) is 0 Å². The fourth-order valence-corrected chi connectivity index (χ4v) is 2.72. The van der Waals surface area contributed by atoms with Gasteiger partial charge in [-0.3, -0.25) is 4.79 Å². The van der Waals surface area contributed by atoms with Crippen LogP contribution >= 0.6 is 12.2 Å². The normalized spacial score (nSPS) is 22.5. The van der Waals surface area contributed by atoms with Gasteiger partial charge in [0.1, 0.15) is 0 Å². The van der Waals surface area contributed by atoms with Crippen LogP contribution in [0.5, 0.6) is 0 Å². The highest BCUT2D eigenvalue weighted by Gasteiger charge is 2.34. The molecule has 0 radical (unpaired) electrons. The second-order valence-corrected chi connectivity index (χ2v) is 5.32. The molecule has 4 heteroatoms. The minimum absolute atomic E-state index is 0.131. The first-order valence-electron chi connectivity index (χ1n) is 6.08. The highest BCUT2D eigenvalue weighted by molar-refractivity contribution is 7.80. The smallest absolute Gasteiger partial charge is 0.232 e. The SMILES string of the molecule is CCC(C(=O)N1CCCC1C(C)C)C(N)=S. The summed E-state index contributed by atoms with van der Waals surface area (Å²) in [6.07, 6.45) is 2.91. The van der Waals surface area contributed by atoms with Crippen LogP contribution < -0.4 is 5.73 Å². The van der Waals surface area contributed by atoms with Crippen molar-refractivity contribution in [3.05, 3.63) is 0 Å². The van der Waals surface area contributed by atoms with Gasteiger partial charge in [-0.05, 0) is 25.2 Å². The van der Waals surface area contributed by atoms with Crippen molar-refractivity contribution in [3.63, 3.8) is 0 Å². The van der Waals surface area contributed by atoms with E-state index >= 15 is 0 Å². The van der Waals surface area contributed by atoms with Crippen molar-refractivity contribution in [3.8, 4) is 0 Å². The number of carbonyl (C=O) groups is 1. The first-order chi connectivity index (χ1) is 7.49. The second kappa shape index (κ2) is 5.62. The summed E-state index contributed by atoms with van der Waals surface area (Å²) >= 11 is 4.96. The number of nitrogens with zero attached hydrogens (tertiary/aromatic N) is 1. The number of hydrogen-bond acceptors (Lipinski definition) is 2. The van der Waals surface area contributed by atoms with E-state index in [0.29, 0.717) is 23.4 Å². The van der Waals surface area contributed by atoms with Gasteiger partial charge in [-0.2, -0.15) is 0 Å². The van der Waals surface area contributed by atoms with Crippen LogP contribution in [-0.4, -0.2) is 28.4 Å². The summed E-state index contributed by atoms with van der Waals surface area (Å²) < 4.78 is 0. The lowest BCUT2D eigenvalue weighted by Crippen LogP contribution is -2.45. The van der Waals surface area contributed by atoms with Gasteiger partial charge in [0.05, 0.1) is 10.9 Å². The van der Waals surface area contributed by atoms with Crippen LogP contribution in [0.1, 0.15) is 40.0 Å². The van der Waals surface area contributed by atoms with Crippen LogP contribution in [0.4, 0.5) is 0 Å². The van der Waals surface area contributed by atoms with Crippen molar-refractivity contribution in [1.29, 1.82) is 0 Å². The van der Waals surface area contributed by atoms with Gasteiger partial charge in [0, 0.05) is 12.6 Å². The van der Waals surface area contributed by atoms with Crippen LogP contribution in [0.2, 0.25) is 0 Å². The third-order valence-corrected chi connectivity index (χ3v) is 3.69. The third kappa shape index (κ3) is 2.73. The molecule has 1 aliphatic rings. The van der Waals surface area contributed by atoms with Crippen LogP contribution in [0.25, 0.3) is 0 Å². The molecule has 0 spiro atoms. The molecule has 2 unspecified atom stereocenters. The van der Waals surface area contributed by atoms with Crippen LogP contribution in [-0.2, 0) is 4.79 Å². The van der Waals surface area contributed by atoms with Crippen molar-refractivity contribution >= 4 is 23.1 Å². The fraction of sp³-hybridized carbons (Fsp3) is 0.833. The molecule has 1 rings (SSSR count). The average molecular weight is 242 g/mol. The highest BCUT2D eigenvalue weighted by atomic mass is 32.1. The monoisotopic (exact) mass is 242 g/mol. The summed E-state index contributed by atoms with van der Waals surface area (Å²) in [7, 11) is 0. The molecule has 2 N–H and O–H groups in total. The minimum Gasteiger partial charge on any atom is -0.393 e. The lowest BCUT2D eigenvalue weighted by molar-refractivity contribution is -0.135. The molecular weight excluding hydrogens is 220 g/mol. The molecule has 1 saturated heterocycles. The summed E-state index contributed by atoms with van der Waals surface area (Å²) in [5.74, 6) is 0.371. The summed E-state index contributed by atoms with van der Waals surface area (Å²) in [6, 6.07) is 0.371. The number of rotatable bonds is 4. The standard InChI is InChI=1S/C12H22N2OS/c1-4-9(11(13)16)12(15)14-7-5-6-10(14)8(2)3/h8-10H,4-7H2,1-3H3,(H2,13,16). The molecule has 1 heterocycles. The number of thiocarbonyl (C=S) groups is 1. The first kappa shape index (κ1) is 13.4. The van der Waals surface area contributed by atoms with Crippen molar-refractivity contribution in [2.45, 2.75) is 46.1 Å². The van der Waals surface area contributed by atoms with Gasteiger partial charge in [-0.15, -0.1) is 0 Å². The number of carbonyl (C=O) groups excluding carboxylic acids is 1. The van der Waals surface area contributed by atoms with Crippen molar-refractivity contribution in [2.24, 2.45) is 17.6 Å². The Hall–Kier alpha value is -0.640. The van der Waals surface area contributed by atoms with Gasteiger partial charge in [-0.1, -0.05) is 33.0 Å².